The van der Waals surface area contributed by atoms with Crippen molar-refractivity contribution in [1.29, 1.82) is 0 Å². The first-order chi connectivity index (χ1) is 10.9. The van der Waals surface area contributed by atoms with Gasteiger partial charge in [0.25, 0.3) is 0 Å². The summed E-state index contributed by atoms with van der Waals surface area (Å²) in [5, 5.41) is 8.09. The second-order valence-corrected chi connectivity index (χ2v) is 5.31. The van der Waals surface area contributed by atoms with Gasteiger partial charge in [-0.3, -0.25) is 4.68 Å². The number of alkyl halides is 3. The van der Waals surface area contributed by atoms with Gasteiger partial charge in [-0.1, -0.05) is 5.16 Å². The number of fused-ring (bicyclic) bond motifs is 3. The smallest absolute Gasteiger partial charge is 0.419 e. The van der Waals surface area contributed by atoms with Crippen LogP contribution in [0.25, 0.3) is 11.0 Å². The summed E-state index contributed by atoms with van der Waals surface area (Å²) in [4.78, 5) is 0. The summed E-state index contributed by atoms with van der Waals surface area (Å²) in [5.41, 5.74) is 7.11. The second-order valence-electron chi connectivity index (χ2n) is 5.31. The van der Waals surface area contributed by atoms with Gasteiger partial charge in [0.1, 0.15) is 11.1 Å². The van der Waals surface area contributed by atoms with Crippen LogP contribution in [0.2, 0.25) is 0 Å². The quantitative estimate of drug-likeness (QED) is 0.784. The zero-order valence-electron chi connectivity index (χ0n) is 11.7. The topological polar surface area (TPSA) is 79.1 Å². The van der Waals surface area contributed by atoms with Gasteiger partial charge >= 0.3 is 6.18 Å². The van der Waals surface area contributed by atoms with E-state index in [0.29, 0.717) is 29.7 Å². The Morgan fingerprint density at radius 3 is 2.91 bits per heavy atom. The van der Waals surface area contributed by atoms with Crippen molar-refractivity contribution in [1.82, 2.24) is 14.9 Å². The lowest BCUT2D eigenvalue weighted by molar-refractivity contribution is -0.137. The molecule has 0 atom stereocenters. The van der Waals surface area contributed by atoms with Crippen LogP contribution in [0.3, 0.4) is 0 Å². The minimum Gasteiger partial charge on any atom is -0.492 e. The van der Waals surface area contributed by atoms with E-state index in [2.05, 4.69) is 10.3 Å². The molecule has 23 heavy (non-hydrogen) atoms. The molecule has 3 aromatic rings. The van der Waals surface area contributed by atoms with Crippen LogP contribution in [-0.2, 0) is 19.1 Å². The van der Waals surface area contributed by atoms with Crippen molar-refractivity contribution < 1.29 is 22.4 Å². The summed E-state index contributed by atoms with van der Waals surface area (Å²) >= 11 is 0. The van der Waals surface area contributed by atoms with Gasteiger partial charge in [0, 0.05) is 18.2 Å². The molecule has 0 fully saturated rings. The Morgan fingerprint density at radius 1 is 1.35 bits per heavy atom. The molecule has 6 nitrogen and oxygen atoms in total. The van der Waals surface area contributed by atoms with Crippen molar-refractivity contribution in [2.24, 2.45) is 0 Å². The number of ether oxygens (including phenoxy) is 1. The van der Waals surface area contributed by atoms with Crippen LogP contribution in [0.1, 0.15) is 16.7 Å². The SMILES string of the molecule is Nc1noc2cc(Cn3cc(C(F)(F)F)cn3)c3c(c12)OCC3. The molecule has 0 saturated carbocycles. The molecule has 3 heterocycles. The summed E-state index contributed by atoms with van der Waals surface area (Å²) in [6.45, 7) is 0.664. The largest absolute Gasteiger partial charge is 0.492 e. The number of hydrogen-bond donors (Lipinski definition) is 1. The number of nitrogen functional groups attached to an aromatic ring is 1. The molecule has 1 aromatic carbocycles. The maximum absolute atomic E-state index is 12.7. The van der Waals surface area contributed by atoms with E-state index in [4.69, 9.17) is 15.0 Å². The third-order valence-electron chi connectivity index (χ3n) is 3.83. The van der Waals surface area contributed by atoms with Gasteiger partial charge in [0.2, 0.25) is 0 Å². The lowest BCUT2D eigenvalue weighted by Crippen LogP contribution is -2.05. The van der Waals surface area contributed by atoms with E-state index in [0.717, 1.165) is 23.5 Å². The first-order valence-electron chi connectivity index (χ1n) is 6.85. The van der Waals surface area contributed by atoms with E-state index in [9.17, 15) is 13.2 Å². The lowest BCUT2D eigenvalue weighted by atomic mass is 10.0. The summed E-state index contributed by atoms with van der Waals surface area (Å²) < 4.78 is 50.0. The minimum absolute atomic E-state index is 0.179. The van der Waals surface area contributed by atoms with E-state index in [1.165, 1.54) is 4.68 Å². The van der Waals surface area contributed by atoms with E-state index >= 15 is 0 Å². The molecule has 1 aliphatic rings. The van der Waals surface area contributed by atoms with Crippen LogP contribution in [0.15, 0.2) is 23.0 Å². The summed E-state index contributed by atoms with van der Waals surface area (Å²) in [5.74, 6) is 0.836. The van der Waals surface area contributed by atoms with Crippen LogP contribution in [0.4, 0.5) is 19.0 Å². The van der Waals surface area contributed by atoms with Crippen molar-refractivity contribution >= 4 is 16.8 Å². The van der Waals surface area contributed by atoms with Crippen molar-refractivity contribution in [3.05, 3.63) is 35.2 Å². The minimum atomic E-state index is -4.41. The number of hydrogen-bond acceptors (Lipinski definition) is 5. The fourth-order valence-electron chi connectivity index (χ4n) is 2.79. The highest BCUT2D eigenvalue weighted by molar-refractivity contribution is 5.95. The van der Waals surface area contributed by atoms with Crippen LogP contribution in [0, 0.1) is 0 Å². The molecule has 0 radical (unpaired) electrons. The molecule has 0 unspecified atom stereocenters. The molecule has 0 saturated heterocycles. The number of benzene rings is 1. The number of nitrogens with zero attached hydrogens (tertiary/aromatic N) is 3. The molecule has 0 aliphatic carbocycles. The van der Waals surface area contributed by atoms with Gasteiger partial charge in [-0.25, -0.2) is 0 Å². The Hall–Kier alpha value is -2.71. The predicted octanol–water partition coefficient (Wildman–Crippen LogP) is 2.61. The summed E-state index contributed by atoms with van der Waals surface area (Å²) in [7, 11) is 0. The van der Waals surface area contributed by atoms with E-state index in [-0.39, 0.29) is 12.4 Å². The number of anilines is 1. The Morgan fingerprint density at radius 2 is 2.17 bits per heavy atom. The van der Waals surface area contributed by atoms with Gasteiger partial charge in [-0.2, -0.15) is 18.3 Å². The van der Waals surface area contributed by atoms with Crippen molar-refractivity contribution in [3.8, 4) is 5.75 Å². The van der Waals surface area contributed by atoms with Crippen LogP contribution >= 0.6 is 0 Å². The highest BCUT2D eigenvalue weighted by Crippen LogP contribution is 2.40. The van der Waals surface area contributed by atoms with Gasteiger partial charge in [0.15, 0.2) is 11.4 Å². The fraction of sp³-hybridized carbons (Fsp3) is 0.286. The van der Waals surface area contributed by atoms with Crippen molar-refractivity contribution in [2.75, 3.05) is 12.3 Å². The number of halogens is 3. The summed E-state index contributed by atoms with van der Waals surface area (Å²) in [6.07, 6.45) is -1.98. The highest BCUT2D eigenvalue weighted by Gasteiger charge is 2.32. The van der Waals surface area contributed by atoms with Crippen molar-refractivity contribution in [3.63, 3.8) is 0 Å². The third kappa shape index (κ3) is 2.19. The highest BCUT2D eigenvalue weighted by atomic mass is 19.4. The number of nitrogens with two attached hydrogens (primary N) is 1. The Balaban J connectivity index is 1.76. The van der Waals surface area contributed by atoms with Gasteiger partial charge < -0.3 is 15.0 Å². The molecule has 2 N–H and O–H groups in total. The number of aromatic nitrogens is 3. The van der Waals surface area contributed by atoms with Crippen LogP contribution in [-0.4, -0.2) is 21.5 Å². The zero-order chi connectivity index (χ0) is 16.2. The molecular formula is C14H11F3N4O2. The molecule has 0 bridgehead atoms. The first-order valence-corrected chi connectivity index (χ1v) is 6.85. The Labute approximate surface area is 127 Å². The molecular weight excluding hydrogens is 313 g/mol. The first kappa shape index (κ1) is 13.9. The fourth-order valence-corrected chi connectivity index (χ4v) is 2.79. The van der Waals surface area contributed by atoms with Gasteiger partial charge in [-0.15, -0.1) is 0 Å². The average molecular weight is 324 g/mol. The Bertz CT molecular complexity index is 897. The molecule has 1 aliphatic heterocycles. The molecule has 9 heteroatoms. The maximum Gasteiger partial charge on any atom is 0.419 e. The van der Waals surface area contributed by atoms with E-state index in [1.54, 1.807) is 6.07 Å². The molecule has 0 spiro atoms. The molecule has 0 amide bonds. The second kappa shape index (κ2) is 4.64. The van der Waals surface area contributed by atoms with Gasteiger partial charge in [-0.05, 0) is 11.6 Å². The monoisotopic (exact) mass is 324 g/mol. The maximum atomic E-state index is 12.7. The van der Waals surface area contributed by atoms with Crippen molar-refractivity contribution in [2.45, 2.75) is 19.1 Å². The van der Waals surface area contributed by atoms with E-state index in [1.807, 2.05) is 0 Å². The predicted molar refractivity (Wildman–Crippen MR) is 74.0 cm³/mol. The van der Waals surface area contributed by atoms with E-state index < -0.39 is 11.7 Å². The van der Waals surface area contributed by atoms with Gasteiger partial charge in [0.05, 0.1) is 24.9 Å². The lowest BCUT2D eigenvalue weighted by Gasteiger charge is -2.08. The number of rotatable bonds is 2. The van der Waals surface area contributed by atoms with Crippen LogP contribution in [0.5, 0.6) is 5.75 Å². The Kier molecular flexibility index (Phi) is 2.81. The standard InChI is InChI=1S/C14H11F3N4O2/c15-14(16,17)8-4-19-21(6-8)5-7-3-10-11(13(18)20-23-10)12-9(7)1-2-22-12/h3-4,6H,1-2,5H2,(H2,18,20). The molecule has 4 rings (SSSR count). The average Bonchev–Trinajstić information content (AvgIpc) is 3.17. The van der Waals surface area contributed by atoms with Crippen LogP contribution < -0.4 is 10.5 Å². The normalized spacial score (nSPS) is 14.2. The third-order valence-corrected chi connectivity index (χ3v) is 3.83. The zero-order valence-corrected chi connectivity index (χ0v) is 11.7. The molecule has 2 aromatic heterocycles. The summed E-state index contributed by atoms with van der Waals surface area (Å²) in [6, 6.07) is 1.72. The molecule has 120 valence electrons.